The van der Waals surface area contributed by atoms with Gasteiger partial charge in [0.1, 0.15) is 12.5 Å². The first-order valence-electron chi connectivity index (χ1n) is 6.22. The Hall–Kier alpha value is -0.890. The van der Waals surface area contributed by atoms with E-state index in [4.69, 9.17) is 5.73 Å². The highest BCUT2D eigenvalue weighted by molar-refractivity contribution is 7.91. The lowest BCUT2D eigenvalue weighted by atomic mass is 9.97. The van der Waals surface area contributed by atoms with Crippen molar-refractivity contribution in [2.45, 2.75) is 15.7 Å². The van der Waals surface area contributed by atoms with E-state index in [1.807, 2.05) is 24.1 Å². The molecule has 7 heteroatoms. The normalized spacial score (nSPS) is 22.4. The number of nitrogens with two attached hydrogens (primary N) is 1. The minimum Gasteiger partial charge on any atom is -0.612 e. The maximum absolute atomic E-state index is 12.0. The lowest BCUT2D eigenvalue weighted by Crippen LogP contribution is -2.42. The van der Waals surface area contributed by atoms with Crippen LogP contribution in [0, 0.1) is 0 Å². The van der Waals surface area contributed by atoms with E-state index in [2.05, 4.69) is 4.99 Å². The van der Waals surface area contributed by atoms with Crippen molar-refractivity contribution in [1.82, 2.24) is 4.90 Å². The Morgan fingerprint density at radius 2 is 1.80 bits per heavy atom. The number of likely N-dealkylation sites (N-methyl/N-ethyl adjacent to an activating group) is 1. The van der Waals surface area contributed by atoms with E-state index >= 15 is 0 Å². The lowest BCUT2D eigenvalue weighted by molar-refractivity contribution is 0.415. The molecule has 0 bridgehead atoms. The van der Waals surface area contributed by atoms with Crippen molar-refractivity contribution < 1.29 is 9.11 Å². The summed E-state index contributed by atoms with van der Waals surface area (Å²) in [6.45, 7) is 1.22. The Kier molecular flexibility index (Phi) is 4.85. The van der Waals surface area contributed by atoms with Crippen LogP contribution in [0.5, 0.6) is 0 Å². The monoisotopic (exact) mass is 313 g/mol. The number of rotatable bonds is 3. The fourth-order valence-corrected chi connectivity index (χ4v) is 4.19. The second kappa shape index (κ2) is 6.26. The molecule has 1 aromatic carbocycles. The Bertz CT molecular complexity index is 494. The van der Waals surface area contributed by atoms with Gasteiger partial charge in [-0.25, -0.2) is 0 Å². The SMILES string of the molecule is CN1CC(c2c([S+](C)[O-])cccc2[S+](C)[O-])CN=C1N. The van der Waals surface area contributed by atoms with Crippen LogP contribution < -0.4 is 5.73 Å². The number of hydrogen-bond acceptors (Lipinski definition) is 5. The molecule has 110 valence electrons. The molecule has 2 rings (SSSR count). The van der Waals surface area contributed by atoms with Gasteiger partial charge in [0, 0.05) is 19.5 Å². The molecule has 0 radical (unpaired) electrons. The zero-order valence-electron chi connectivity index (χ0n) is 11.8. The molecule has 1 aromatic rings. The summed E-state index contributed by atoms with van der Waals surface area (Å²) in [5.41, 5.74) is 6.67. The van der Waals surface area contributed by atoms with Gasteiger partial charge in [0.05, 0.1) is 12.1 Å². The van der Waals surface area contributed by atoms with Crippen molar-refractivity contribution in [1.29, 1.82) is 0 Å². The second-order valence-corrected chi connectivity index (χ2v) is 7.55. The van der Waals surface area contributed by atoms with Crippen LogP contribution >= 0.6 is 0 Å². The molecule has 3 atom stereocenters. The van der Waals surface area contributed by atoms with Crippen molar-refractivity contribution >= 4 is 28.3 Å². The van der Waals surface area contributed by atoms with Gasteiger partial charge in [0.15, 0.2) is 15.8 Å². The third kappa shape index (κ3) is 3.06. The van der Waals surface area contributed by atoms with Crippen LogP contribution in [0.2, 0.25) is 0 Å². The van der Waals surface area contributed by atoms with Crippen molar-refractivity contribution in [3.8, 4) is 0 Å². The summed E-state index contributed by atoms with van der Waals surface area (Å²) < 4.78 is 23.9. The molecule has 0 aliphatic carbocycles. The van der Waals surface area contributed by atoms with Crippen LogP contribution in [-0.4, -0.2) is 52.6 Å². The lowest BCUT2D eigenvalue weighted by Gasteiger charge is -2.30. The van der Waals surface area contributed by atoms with Gasteiger partial charge in [-0.05, 0) is 34.5 Å². The Balaban J connectivity index is 2.48. The van der Waals surface area contributed by atoms with Crippen LogP contribution in [0.1, 0.15) is 11.5 Å². The van der Waals surface area contributed by atoms with Gasteiger partial charge >= 0.3 is 0 Å². The fraction of sp³-hybridized carbons (Fsp3) is 0.462. The van der Waals surface area contributed by atoms with Gasteiger partial charge in [0.2, 0.25) is 0 Å². The molecule has 0 saturated carbocycles. The number of guanidine groups is 1. The zero-order chi connectivity index (χ0) is 14.9. The van der Waals surface area contributed by atoms with Crippen LogP contribution in [0.25, 0.3) is 0 Å². The first-order chi connectivity index (χ1) is 9.41. The number of nitrogens with zero attached hydrogens (tertiary/aromatic N) is 2. The van der Waals surface area contributed by atoms with E-state index in [1.54, 1.807) is 18.6 Å². The fourth-order valence-electron chi connectivity index (χ4n) is 2.42. The van der Waals surface area contributed by atoms with Crippen LogP contribution in [-0.2, 0) is 22.4 Å². The standard InChI is InChI=1S/C13H19N3O2S2/c1-16-8-9(7-15-13(16)14)12-10(19(2)17)5-4-6-11(12)20(3)18/h4-6,9H,7-8H2,1-3H3,(H2,14,15). The van der Waals surface area contributed by atoms with E-state index in [9.17, 15) is 9.11 Å². The van der Waals surface area contributed by atoms with E-state index in [0.717, 1.165) is 15.4 Å². The minimum atomic E-state index is -1.12. The quantitative estimate of drug-likeness (QED) is 0.823. The number of benzene rings is 1. The van der Waals surface area contributed by atoms with E-state index in [1.165, 1.54) is 0 Å². The van der Waals surface area contributed by atoms with Crippen LogP contribution in [0.4, 0.5) is 0 Å². The highest BCUT2D eigenvalue weighted by Crippen LogP contribution is 2.32. The molecule has 2 N–H and O–H groups in total. The average Bonchev–Trinajstić information content (AvgIpc) is 2.41. The first-order valence-corrected chi connectivity index (χ1v) is 9.34. The maximum Gasteiger partial charge on any atom is 0.191 e. The second-order valence-electron chi connectivity index (χ2n) is 4.85. The molecular weight excluding hydrogens is 294 g/mol. The van der Waals surface area contributed by atoms with Crippen molar-refractivity contribution in [3.05, 3.63) is 23.8 Å². The molecule has 5 nitrogen and oxygen atoms in total. The molecule has 3 unspecified atom stereocenters. The predicted molar refractivity (Wildman–Crippen MR) is 83.0 cm³/mol. The van der Waals surface area contributed by atoms with Crippen molar-refractivity contribution in [2.75, 3.05) is 32.6 Å². The summed E-state index contributed by atoms with van der Waals surface area (Å²) in [7, 11) is 1.87. The van der Waals surface area contributed by atoms with Crippen molar-refractivity contribution in [2.24, 2.45) is 10.7 Å². The summed E-state index contributed by atoms with van der Waals surface area (Å²) in [5, 5.41) is 0. The van der Waals surface area contributed by atoms with Gasteiger partial charge < -0.3 is 19.7 Å². The molecule has 0 spiro atoms. The van der Waals surface area contributed by atoms with Gasteiger partial charge in [-0.15, -0.1) is 0 Å². The molecule has 0 aromatic heterocycles. The largest absolute Gasteiger partial charge is 0.612 e. The minimum absolute atomic E-state index is 0.0614. The van der Waals surface area contributed by atoms with E-state index < -0.39 is 22.4 Å². The summed E-state index contributed by atoms with van der Waals surface area (Å²) in [4.78, 5) is 7.64. The average molecular weight is 313 g/mol. The smallest absolute Gasteiger partial charge is 0.191 e. The third-order valence-corrected chi connectivity index (χ3v) is 5.36. The number of aliphatic imine (C=N–C) groups is 1. The Morgan fingerprint density at radius 3 is 2.25 bits per heavy atom. The summed E-state index contributed by atoms with van der Waals surface area (Å²) in [5.74, 6) is 0.571. The Morgan fingerprint density at radius 1 is 1.25 bits per heavy atom. The molecule has 0 fully saturated rings. The van der Waals surface area contributed by atoms with Gasteiger partial charge in [-0.2, -0.15) is 0 Å². The molecule has 1 heterocycles. The molecule has 0 amide bonds. The van der Waals surface area contributed by atoms with Crippen molar-refractivity contribution in [3.63, 3.8) is 0 Å². The highest BCUT2D eigenvalue weighted by Gasteiger charge is 2.31. The molecular formula is C13H19N3O2S2. The van der Waals surface area contributed by atoms with Gasteiger partial charge in [0.25, 0.3) is 0 Å². The molecule has 20 heavy (non-hydrogen) atoms. The van der Waals surface area contributed by atoms with Crippen LogP contribution in [0.15, 0.2) is 33.0 Å². The maximum atomic E-state index is 12.0. The van der Waals surface area contributed by atoms with Crippen LogP contribution in [0.3, 0.4) is 0 Å². The Labute approximate surface area is 125 Å². The summed E-state index contributed by atoms with van der Waals surface area (Å²) in [6.07, 6.45) is 3.29. The molecule has 1 aliphatic heterocycles. The predicted octanol–water partition coefficient (Wildman–Crippen LogP) is 0.505. The first kappa shape index (κ1) is 15.5. The zero-order valence-corrected chi connectivity index (χ0v) is 13.5. The molecule has 1 aliphatic rings. The highest BCUT2D eigenvalue weighted by atomic mass is 32.2. The van der Waals surface area contributed by atoms with Gasteiger partial charge in [-0.3, -0.25) is 4.99 Å². The number of hydrogen-bond donors (Lipinski definition) is 1. The topological polar surface area (TPSA) is 87.7 Å². The summed E-state index contributed by atoms with van der Waals surface area (Å²) >= 11 is -2.24. The third-order valence-electron chi connectivity index (χ3n) is 3.41. The van der Waals surface area contributed by atoms with E-state index in [-0.39, 0.29) is 5.92 Å². The summed E-state index contributed by atoms with van der Waals surface area (Å²) in [6, 6.07) is 5.48. The van der Waals surface area contributed by atoms with E-state index in [0.29, 0.717) is 19.0 Å². The molecule has 0 saturated heterocycles. The van der Waals surface area contributed by atoms with Gasteiger partial charge in [-0.1, -0.05) is 6.07 Å².